The Labute approximate surface area is 119 Å². The van der Waals surface area contributed by atoms with Crippen LogP contribution in [0.1, 0.15) is 19.8 Å². The molecule has 3 nitrogen and oxygen atoms in total. The van der Waals surface area contributed by atoms with Crippen LogP contribution in [0.15, 0.2) is 33.6 Å². The average molecular weight is 385 g/mol. The molecule has 0 radical (unpaired) electrons. The summed E-state index contributed by atoms with van der Waals surface area (Å²) < 4.78 is 27.1. The highest BCUT2D eigenvalue weighted by Gasteiger charge is 2.13. The molecule has 0 aromatic heterocycles. The molecule has 0 spiro atoms. The van der Waals surface area contributed by atoms with Crippen molar-refractivity contribution in [3.8, 4) is 0 Å². The van der Waals surface area contributed by atoms with E-state index in [0.29, 0.717) is 16.3 Å². The van der Waals surface area contributed by atoms with E-state index in [1.165, 1.54) is 0 Å². The van der Waals surface area contributed by atoms with Crippen molar-refractivity contribution >= 4 is 41.9 Å². The molecule has 0 saturated carbocycles. The van der Waals surface area contributed by atoms with Crippen LogP contribution in [-0.2, 0) is 10.0 Å². The lowest BCUT2D eigenvalue weighted by Crippen LogP contribution is -2.25. The van der Waals surface area contributed by atoms with Crippen LogP contribution in [0.5, 0.6) is 0 Å². The van der Waals surface area contributed by atoms with Crippen LogP contribution in [0.25, 0.3) is 0 Å². The SMILES string of the molecule is CC(Br)CCCNS(=O)(=O)c1cccc(Br)c1. The predicted molar refractivity (Wildman–Crippen MR) is 77.0 cm³/mol. The van der Waals surface area contributed by atoms with Gasteiger partial charge in [-0.1, -0.05) is 44.8 Å². The Hall–Kier alpha value is 0.0900. The highest BCUT2D eigenvalue weighted by Crippen LogP contribution is 2.16. The summed E-state index contributed by atoms with van der Waals surface area (Å²) in [5.41, 5.74) is 0. The number of halogens is 2. The van der Waals surface area contributed by atoms with E-state index >= 15 is 0 Å². The van der Waals surface area contributed by atoms with Crippen molar-refractivity contribution in [1.82, 2.24) is 4.72 Å². The number of rotatable bonds is 6. The van der Waals surface area contributed by atoms with Crippen LogP contribution >= 0.6 is 31.9 Å². The van der Waals surface area contributed by atoms with E-state index in [1.54, 1.807) is 24.3 Å². The smallest absolute Gasteiger partial charge is 0.211 e. The maximum atomic E-state index is 11.9. The number of sulfonamides is 1. The van der Waals surface area contributed by atoms with E-state index in [9.17, 15) is 8.42 Å². The van der Waals surface area contributed by atoms with Crippen LogP contribution < -0.4 is 4.72 Å². The molecule has 1 unspecified atom stereocenters. The summed E-state index contributed by atoms with van der Waals surface area (Å²) in [6.45, 7) is 2.51. The summed E-state index contributed by atoms with van der Waals surface area (Å²) in [5, 5.41) is 0. The van der Waals surface area contributed by atoms with Gasteiger partial charge in [0.2, 0.25) is 10.0 Å². The highest BCUT2D eigenvalue weighted by molar-refractivity contribution is 9.10. The van der Waals surface area contributed by atoms with Gasteiger partial charge in [0.1, 0.15) is 0 Å². The minimum Gasteiger partial charge on any atom is -0.211 e. The van der Waals surface area contributed by atoms with Crippen LogP contribution in [0.2, 0.25) is 0 Å². The van der Waals surface area contributed by atoms with Gasteiger partial charge < -0.3 is 0 Å². The van der Waals surface area contributed by atoms with Gasteiger partial charge in [-0.05, 0) is 31.0 Å². The molecule has 1 N–H and O–H groups in total. The molecule has 96 valence electrons. The van der Waals surface area contributed by atoms with Gasteiger partial charge in [-0.2, -0.15) is 0 Å². The summed E-state index contributed by atoms with van der Waals surface area (Å²) in [5.74, 6) is 0. The molecule has 6 heteroatoms. The number of nitrogens with one attached hydrogen (secondary N) is 1. The van der Waals surface area contributed by atoms with Gasteiger partial charge in [0.15, 0.2) is 0 Å². The summed E-state index contributed by atoms with van der Waals surface area (Å²) in [6, 6.07) is 6.68. The van der Waals surface area contributed by atoms with Gasteiger partial charge in [-0.15, -0.1) is 0 Å². The van der Waals surface area contributed by atoms with Crippen molar-refractivity contribution in [3.63, 3.8) is 0 Å². The van der Waals surface area contributed by atoms with Crippen molar-refractivity contribution in [2.45, 2.75) is 29.5 Å². The number of alkyl halides is 1. The fourth-order valence-corrected chi connectivity index (χ4v) is 3.30. The first-order valence-corrected chi connectivity index (χ1v) is 8.50. The maximum Gasteiger partial charge on any atom is 0.240 e. The average Bonchev–Trinajstić information content (AvgIpc) is 2.24. The Bertz CT molecular complexity index is 460. The topological polar surface area (TPSA) is 46.2 Å². The zero-order valence-corrected chi connectivity index (χ0v) is 13.5. The summed E-state index contributed by atoms with van der Waals surface area (Å²) in [6.07, 6.45) is 1.76. The van der Waals surface area contributed by atoms with E-state index in [2.05, 4.69) is 36.6 Å². The van der Waals surface area contributed by atoms with E-state index in [0.717, 1.165) is 17.3 Å². The highest BCUT2D eigenvalue weighted by atomic mass is 79.9. The fraction of sp³-hybridized carbons (Fsp3) is 0.455. The van der Waals surface area contributed by atoms with Crippen LogP contribution in [0.4, 0.5) is 0 Å². The van der Waals surface area contributed by atoms with Crippen molar-refractivity contribution in [2.24, 2.45) is 0 Å². The number of hydrogen-bond acceptors (Lipinski definition) is 2. The minimum absolute atomic E-state index is 0.291. The second kappa shape index (κ2) is 6.87. The summed E-state index contributed by atoms with van der Waals surface area (Å²) in [4.78, 5) is 0.705. The third-order valence-electron chi connectivity index (χ3n) is 2.18. The molecule has 0 aliphatic rings. The number of hydrogen-bond donors (Lipinski definition) is 1. The van der Waals surface area contributed by atoms with Crippen LogP contribution in [-0.4, -0.2) is 19.8 Å². The molecule has 0 heterocycles. The van der Waals surface area contributed by atoms with Gasteiger partial charge >= 0.3 is 0 Å². The predicted octanol–water partition coefficient (Wildman–Crippen LogP) is 3.29. The molecule has 1 aromatic rings. The molecule has 0 aliphatic carbocycles. The molecular weight excluding hydrogens is 370 g/mol. The molecule has 0 bridgehead atoms. The molecule has 0 saturated heterocycles. The maximum absolute atomic E-state index is 11.9. The Morgan fingerprint density at radius 3 is 2.71 bits per heavy atom. The van der Waals surface area contributed by atoms with Gasteiger partial charge in [-0.25, -0.2) is 13.1 Å². The molecule has 1 rings (SSSR count). The van der Waals surface area contributed by atoms with Crippen molar-refractivity contribution < 1.29 is 8.42 Å². The normalized spacial score (nSPS) is 13.6. The largest absolute Gasteiger partial charge is 0.240 e. The van der Waals surface area contributed by atoms with Crippen molar-refractivity contribution in [3.05, 3.63) is 28.7 Å². The second-order valence-corrected chi connectivity index (χ2v) is 8.02. The molecule has 0 aliphatic heterocycles. The Morgan fingerprint density at radius 1 is 1.41 bits per heavy atom. The van der Waals surface area contributed by atoms with Crippen molar-refractivity contribution in [2.75, 3.05) is 6.54 Å². The summed E-state index contributed by atoms with van der Waals surface area (Å²) >= 11 is 6.68. The third kappa shape index (κ3) is 5.50. The monoisotopic (exact) mass is 383 g/mol. The molecular formula is C11H15Br2NO2S. The lowest BCUT2D eigenvalue weighted by molar-refractivity contribution is 0.576. The van der Waals surface area contributed by atoms with E-state index in [1.807, 2.05) is 6.92 Å². The Balaban J connectivity index is 2.57. The van der Waals surface area contributed by atoms with Crippen LogP contribution in [0, 0.1) is 0 Å². The van der Waals surface area contributed by atoms with Crippen LogP contribution in [0.3, 0.4) is 0 Å². The van der Waals surface area contributed by atoms with Gasteiger partial charge in [0.05, 0.1) is 4.90 Å². The molecule has 1 atom stereocenters. The van der Waals surface area contributed by atoms with Crippen molar-refractivity contribution in [1.29, 1.82) is 0 Å². The molecule has 1 aromatic carbocycles. The Kier molecular flexibility index (Phi) is 6.12. The lowest BCUT2D eigenvalue weighted by Gasteiger charge is -2.07. The van der Waals surface area contributed by atoms with Gasteiger partial charge in [0.25, 0.3) is 0 Å². The third-order valence-corrected chi connectivity index (χ3v) is 4.59. The van der Waals surface area contributed by atoms with Gasteiger partial charge in [0, 0.05) is 15.8 Å². The molecule has 17 heavy (non-hydrogen) atoms. The first-order valence-electron chi connectivity index (χ1n) is 5.31. The van der Waals surface area contributed by atoms with E-state index < -0.39 is 10.0 Å². The molecule has 0 amide bonds. The Morgan fingerprint density at radius 2 is 2.12 bits per heavy atom. The van der Waals surface area contributed by atoms with E-state index in [-0.39, 0.29) is 0 Å². The zero-order chi connectivity index (χ0) is 12.9. The first-order chi connectivity index (χ1) is 7.92. The molecule has 0 fully saturated rings. The minimum atomic E-state index is -3.38. The quantitative estimate of drug-likeness (QED) is 0.604. The number of benzene rings is 1. The first kappa shape index (κ1) is 15.1. The lowest BCUT2D eigenvalue weighted by atomic mass is 10.2. The zero-order valence-electron chi connectivity index (χ0n) is 9.49. The van der Waals surface area contributed by atoms with E-state index in [4.69, 9.17) is 0 Å². The summed E-state index contributed by atoms with van der Waals surface area (Å²) in [7, 11) is -3.38. The van der Waals surface area contributed by atoms with Gasteiger partial charge in [-0.3, -0.25) is 0 Å². The standard InChI is InChI=1S/C11H15Br2NO2S/c1-9(12)4-3-7-14-17(15,16)11-6-2-5-10(13)8-11/h2,5-6,8-9,14H,3-4,7H2,1H3. The fourth-order valence-electron chi connectivity index (χ4n) is 1.31. The second-order valence-electron chi connectivity index (χ2n) is 3.78.